The number of ether oxygens (including phenoxy) is 1. The zero-order chi connectivity index (χ0) is 11.6. The van der Waals surface area contributed by atoms with Crippen LogP contribution < -0.4 is 10.6 Å². The van der Waals surface area contributed by atoms with Gasteiger partial charge in [0.15, 0.2) is 5.96 Å². The van der Waals surface area contributed by atoms with Gasteiger partial charge in [0.25, 0.3) is 0 Å². The summed E-state index contributed by atoms with van der Waals surface area (Å²) in [6.45, 7) is 5.70. The van der Waals surface area contributed by atoms with E-state index < -0.39 is 0 Å². The molecule has 0 spiro atoms. The highest BCUT2D eigenvalue weighted by Gasteiger charge is 2.20. The van der Waals surface area contributed by atoms with Gasteiger partial charge in [-0.1, -0.05) is 13.3 Å². The molecule has 5 heteroatoms. The number of unbranched alkanes of at least 4 members (excludes halogenated alkanes) is 1. The average molecular weight is 355 g/mol. The maximum absolute atomic E-state index is 5.53. The second-order valence-electron chi connectivity index (χ2n) is 4.30. The van der Waals surface area contributed by atoms with Crippen LogP contribution in [-0.2, 0) is 4.74 Å². The minimum Gasteiger partial charge on any atom is -0.379 e. The predicted molar refractivity (Wildman–Crippen MR) is 83.2 cm³/mol. The zero-order valence-corrected chi connectivity index (χ0v) is 13.3. The van der Waals surface area contributed by atoms with E-state index in [9.17, 15) is 0 Å². The molecule has 4 nitrogen and oxygen atoms in total. The van der Waals surface area contributed by atoms with Gasteiger partial charge in [-0.3, -0.25) is 4.99 Å². The van der Waals surface area contributed by atoms with Gasteiger partial charge in [-0.15, -0.1) is 24.0 Å². The van der Waals surface area contributed by atoms with E-state index >= 15 is 0 Å². The number of guanidine groups is 1. The van der Waals surface area contributed by atoms with Crippen molar-refractivity contribution in [2.45, 2.75) is 32.6 Å². The van der Waals surface area contributed by atoms with Crippen LogP contribution in [0.3, 0.4) is 0 Å². The predicted octanol–water partition coefficient (Wildman–Crippen LogP) is 2.00. The van der Waals surface area contributed by atoms with E-state index in [4.69, 9.17) is 4.74 Å². The SMILES string of the molecule is CCCCNC(=NC)NCCOCC1CC1.I. The van der Waals surface area contributed by atoms with Crippen molar-refractivity contribution in [1.29, 1.82) is 0 Å². The summed E-state index contributed by atoms with van der Waals surface area (Å²) in [7, 11) is 1.80. The third-order valence-electron chi connectivity index (χ3n) is 2.64. The standard InChI is InChI=1S/C12H25N3O.HI/c1-3-4-7-14-12(13-2)15-8-9-16-10-11-5-6-11;/h11H,3-10H2,1-2H3,(H2,13,14,15);1H. The van der Waals surface area contributed by atoms with Gasteiger partial charge in [-0.05, 0) is 25.2 Å². The van der Waals surface area contributed by atoms with Gasteiger partial charge in [-0.25, -0.2) is 0 Å². The van der Waals surface area contributed by atoms with Crippen LogP contribution in [0.15, 0.2) is 4.99 Å². The van der Waals surface area contributed by atoms with E-state index in [-0.39, 0.29) is 24.0 Å². The molecule has 102 valence electrons. The highest BCUT2D eigenvalue weighted by atomic mass is 127. The van der Waals surface area contributed by atoms with Crippen molar-refractivity contribution in [3.63, 3.8) is 0 Å². The van der Waals surface area contributed by atoms with Crippen molar-refractivity contribution in [3.8, 4) is 0 Å². The Morgan fingerprint density at radius 3 is 2.59 bits per heavy atom. The topological polar surface area (TPSA) is 45.7 Å². The number of rotatable bonds is 8. The monoisotopic (exact) mass is 355 g/mol. The van der Waals surface area contributed by atoms with Crippen LogP contribution in [-0.4, -0.2) is 39.3 Å². The quantitative estimate of drug-likeness (QED) is 0.303. The molecule has 0 aromatic heterocycles. The molecule has 0 aliphatic heterocycles. The number of hydrogen-bond acceptors (Lipinski definition) is 2. The van der Waals surface area contributed by atoms with Crippen LogP contribution in [0.1, 0.15) is 32.6 Å². The largest absolute Gasteiger partial charge is 0.379 e. The van der Waals surface area contributed by atoms with Gasteiger partial charge in [0, 0.05) is 26.7 Å². The lowest BCUT2D eigenvalue weighted by atomic mass is 10.3. The lowest BCUT2D eigenvalue weighted by Gasteiger charge is -2.11. The number of nitrogens with one attached hydrogen (secondary N) is 2. The van der Waals surface area contributed by atoms with Crippen LogP contribution in [0, 0.1) is 5.92 Å². The highest BCUT2D eigenvalue weighted by Crippen LogP contribution is 2.28. The number of nitrogens with zero attached hydrogens (tertiary/aromatic N) is 1. The van der Waals surface area contributed by atoms with Gasteiger partial charge < -0.3 is 15.4 Å². The fraction of sp³-hybridized carbons (Fsp3) is 0.917. The molecule has 17 heavy (non-hydrogen) atoms. The Morgan fingerprint density at radius 2 is 2.00 bits per heavy atom. The third-order valence-corrected chi connectivity index (χ3v) is 2.64. The summed E-state index contributed by atoms with van der Waals surface area (Å²) in [6.07, 6.45) is 5.09. The van der Waals surface area contributed by atoms with E-state index in [1.807, 2.05) is 0 Å². The van der Waals surface area contributed by atoms with E-state index in [1.165, 1.54) is 25.7 Å². The molecule has 1 aliphatic carbocycles. The Hall–Kier alpha value is -0.0400. The number of aliphatic imine (C=N–C) groups is 1. The molecule has 0 heterocycles. The van der Waals surface area contributed by atoms with Crippen molar-refractivity contribution >= 4 is 29.9 Å². The van der Waals surface area contributed by atoms with E-state index in [2.05, 4.69) is 22.5 Å². The summed E-state index contributed by atoms with van der Waals surface area (Å²) in [5.41, 5.74) is 0. The van der Waals surface area contributed by atoms with E-state index in [0.29, 0.717) is 0 Å². The molecule has 0 bridgehead atoms. The van der Waals surface area contributed by atoms with Gasteiger partial charge in [0.05, 0.1) is 6.61 Å². The molecule has 0 radical (unpaired) electrons. The fourth-order valence-corrected chi connectivity index (χ4v) is 1.38. The summed E-state index contributed by atoms with van der Waals surface area (Å²) in [5, 5.41) is 6.50. The fourth-order valence-electron chi connectivity index (χ4n) is 1.38. The Morgan fingerprint density at radius 1 is 1.29 bits per heavy atom. The van der Waals surface area contributed by atoms with Crippen molar-refractivity contribution in [2.75, 3.05) is 33.4 Å². The normalized spacial score (nSPS) is 15.3. The number of halogens is 1. The van der Waals surface area contributed by atoms with Crippen molar-refractivity contribution < 1.29 is 4.74 Å². The summed E-state index contributed by atoms with van der Waals surface area (Å²) in [5.74, 6) is 1.73. The molecular weight excluding hydrogens is 329 g/mol. The Kier molecular flexibility index (Phi) is 11.0. The zero-order valence-electron chi connectivity index (χ0n) is 11.0. The lowest BCUT2D eigenvalue weighted by molar-refractivity contribution is 0.129. The van der Waals surface area contributed by atoms with Gasteiger partial charge in [0.1, 0.15) is 0 Å². The first-order valence-corrected chi connectivity index (χ1v) is 6.39. The molecule has 1 saturated carbocycles. The lowest BCUT2D eigenvalue weighted by Crippen LogP contribution is -2.39. The molecule has 0 amide bonds. The second kappa shape index (κ2) is 11.1. The molecule has 0 unspecified atom stereocenters. The summed E-state index contributed by atoms with van der Waals surface area (Å²) >= 11 is 0. The highest BCUT2D eigenvalue weighted by molar-refractivity contribution is 14.0. The van der Waals surface area contributed by atoms with Crippen LogP contribution in [0.2, 0.25) is 0 Å². The van der Waals surface area contributed by atoms with Gasteiger partial charge in [-0.2, -0.15) is 0 Å². The molecule has 1 rings (SSSR count). The first kappa shape index (κ1) is 17.0. The number of hydrogen-bond donors (Lipinski definition) is 2. The van der Waals surface area contributed by atoms with Crippen LogP contribution >= 0.6 is 24.0 Å². The molecule has 0 aromatic carbocycles. The summed E-state index contributed by atoms with van der Waals surface area (Å²) in [6, 6.07) is 0. The van der Waals surface area contributed by atoms with Crippen LogP contribution in [0.25, 0.3) is 0 Å². The minimum absolute atomic E-state index is 0. The van der Waals surface area contributed by atoms with Gasteiger partial charge >= 0.3 is 0 Å². The molecule has 1 aliphatic rings. The van der Waals surface area contributed by atoms with Crippen molar-refractivity contribution in [2.24, 2.45) is 10.9 Å². The summed E-state index contributed by atoms with van der Waals surface area (Å²) < 4.78 is 5.53. The van der Waals surface area contributed by atoms with E-state index in [1.54, 1.807) is 7.05 Å². The molecule has 1 fully saturated rings. The average Bonchev–Trinajstić information content (AvgIpc) is 3.10. The van der Waals surface area contributed by atoms with Gasteiger partial charge in [0.2, 0.25) is 0 Å². The first-order chi connectivity index (χ1) is 7.86. The molecule has 0 saturated heterocycles. The van der Waals surface area contributed by atoms with Crippen LogP contribution in [0.5, 0.6) is 0 Å². The summed E-state index contributed by atoms with van der Waals surface area (Å²) in [4.78, 5) is 4.14. The first-order valence-electron chi connectivity index (χ1n) is 6.39. The maximum atomic E-state index is 5.53. The third kappa shape index (κ3) is 9.64. The van der Waals surface area contributed by atoms with E-state index in [0.717, 1.165) is 38.2 Å². The minimum atomic E-state index is 0. The Labute approximate surface area is 122 Å². The maximum Gasteiger partial charge on any atom is 0.191 e. The Bertz CT molecular complexity index is 208. The molecular formula is C12H26IN3O. The van der Waals surface area contributed by atoms with Crippen LogP contribution in [0.4, 0.5) is 0 Å². The molecule has 0 aromatic rings. The van der Waals surface area contributed by atoms with Crippen molar-refractivity contribution in [3.05, 3.63) is 0 Å². The Balaban J connectivity index is 0.00000256. The molecule has 0 atom stereocenters. The smallest absolute Gasteiger partial charge is 0.191 e. The second-order valence-corrected chi connectivity index (χ2v) is 4.30. The molecule has 2 N–H and O–H groups in total. The van der Waals surface area contributed by atoms with Crippen molar-refractivity contribution in [1.82, 2.24) is 10.6 Å².